The van der Waals surface area contributed by atoms with Crippen molar-refractivity contribution in [2.45, 2.75) is 19.4 Å². The molecule has 2 N–H and O–H groups in total. The molecule has 0 aromatic rings. The topological polar surface area (TPSA) is 93.4 Å². The predicted molar refractivity (Wildman–Crippen MR) is 55.0 cm³/mol. The van der Waals surface area contributed by atoms with E-state index in [2.05, 4.69) is 5.32 Å². The third kappa shape index (κ3) is 2.49. The number of likely N-dealkylation sites (tertiary alicyclic amines) is 1. The van der Waals surface area contributed by atoms with E-state index in [0.717, 1.165) is 6.42 Å². The van der Waals surface area contributed by atoms with Gasteiger partial charge in [-0.2, -0.15) is 5.26 Å². The van der Waals surface area contributed by atoms with E-state index in [0.29, 0.717) is 6.54 Å². The number of nitrogens with zero attached hydrogens (tertiary/aromatic N) is 2. The van der Waals surface area contributed by atoms with Gasteiger partial charge in [0.25, 0.3) is 0 Å². The Morgan fingerprint density at radius 1 is 1.62 bits per heavy atom. The molecule has 1 aliphatic rings. The summed E-state index contributed by atoms with van der Waals surface area (Å²) in [7, 11) is 0. The number of nitriles is 1. The van der Waals surface area contributed by atoms with E-state index < -0.39 is 11.8 Å². The molecule has 0 aliphatic carbocycles. The number of hydrogen-bond acceptors (Lipinski definition) is 4. The van der Waals surface area contributed by atoms with E-state index in [4.69, 9.17) is 10.4 Å². The van der Waals surface area contributed by atoms with Crippen LogP contribution in [0.5, 0.6) is 0 Å². The number of aliphatic hydroxyl groups is 1. The van der Waals surface area contributed by atoms with Gasteiger partial charge in [-0.15, -0.1) is 0 Å². The van der Waals surface area contributed by atoms with Gasteiger partial charge in [0.15, 0.2) is 0 Å². The number of carbonyl (C=O) groups excluding carboxylic acids is 2. The second-order valence-corrected chi connectivity index (χ2v) is 3.86. The summed E-state index contributed by atoms with van der Waals surface area (Å²) in [5.74, 6) is -1.26. The number of hydrogen-bond donors (Lipinski definition) is 2. The van der Waals surface area contributed by atoms with Gasteiger partial charge in [0.2, 0.25) is 0 Å². The van der Waals surface area contributed by atoms with Gasteiger partial charge in [-0.25, -0.2) is 0 Å². The maximum atomic E-state index is 11.7. The molecule has 6 heteroatoms. The zero-order valence-corrected chi connectivity index (χ0v) is 9.14. The minimum absolute atomic E-state index is 0.140. The molecule has 1 rings (SSSR count). The van der Waals surface area contributed by atoms with E-state index in [1.807, 2.05) is 6.92 Å². The summed E-state index contributed by atoms with van der Waals surface area (Å²) in [6.45, 7) is 2.09. The maximum Gasteiger partial charge on any atom is 0.312 e. The monoisotopic (exact) mass is 225 g/mol. The average molecular weight is 225 g/mol. The second kappa shape index (κ2) is 5.47. The largest absolute Gasteiger partial charge is 0.394 e. The van der Waals surface area contributed by atoms with Crippen LogP contribution in [-0.4, -0.2) is 47.6 Å². The van der Waals surface area contributed by atoms with Crippen molar-refractivity contribution in [2.24, 2.45) is 5.92 Å². The average Bonchev–Trinajstić information content (AvgIpc) is 2.66. The number of amides is 2. The van der Waals surface area contributed by atoms with Crippen LogP contribution in [0.3, 0.4) is 0 Å². The molecule has 0 aromatic heterocycles. The molecule has 0 aromatic carbocycles. The van der Waals surface area contributed by atoms with Crippen LogP contribution in [0.2, 0.25) is 0 Å². The van der Waals surface area contributed by atoms with E-state index in [-0.39, 0.29) is 25.1 Å². The van der Waals surface area contributed by atoms with E-state index in [1.165, 1.54) is 4.90 Å². The minimum Gasteiger partial charge on any atom is -0.394 e. The molecule has 2 unspecified atom stereocenters. The molecule has 1 saturated heterocycles. The summed E-state index contributed by atoms with van der Waals surface area (Å²) < 4.78 is 0. The Labute approximate surface area is 93.8 Å². The zero-order chi connectivity index (χ0) is 12.1. The lowest BCUT2D eigenvalue weighted by atomic mass is 10.0. The molecule has 1 heterocycles. The fourth-order valence-electron chi connectivity index (χ4n) is 1.86. The summed E-state index contributed by atoms with van der Waals surface area (Å²) in [5.41, 5.74) is 0. The molecule has 88 valence electrons. The predicted octanol–water partition coefficient (Wildman–Crippen LogP) is -1.14. The van der Waals surface area contributed by atoms with Crippen LogP contribution >= 0.6 is 0 Å². The quantitative estimate of drug-likeness (QED) is 0.458. The number of carbonyl (C=O) groups is 2. The Hall–Kier alpha value is -1.61. The van der Waals surface area contributed by atoms with Gasteiger partial charge in [0.05, 0.1) is 18.7 Å². The molecule has 0 spiro atoms. The molecule has 16 heavy (non-hydrogen) atoms. The van der Waals surface area contributed by atoms with Crippen LogP contribution in [0.1, 0.15) is 13.3 Å². The van der Waals surface area contributed by atoms with Crippen molar-refractivity contribution >= 4 is 11.8 Å². The highest BCUT2D eigenvalue weighted by atomic mass is 16.3. The first kappa shape index (κ1) is 12.5. The number of aliphatic hydroxyl groups excluding tert-OH is 1. The Bertz CT molecular complexity index is 324. The molecule has 6 nitrogen and oxygen atoms in total. The molecular weight excluding hydrogens is 210 g/mol. The molecule has 2 amide bonds. The Kier molecular flexibility index (Phi) is 4.26. The summed E-state index contributed by atoms with van der Waals surface area (Å²) >= 11 is 0. The standard InChI is InChI=1S/C10H15N3O3/c1-7-2-5-13(8(7)6-14)10(16)9(15)12-4-3-11/h7-8,14H,2,4-6H2,1H3,(H,12,15). The summed E-state index contributed by atoms with van der Waals surface area (Å²) in [4.78, 5) is 24.4. The molecule has 0 radical (unpaired) electrons. The lowest BCUT2D eigenvalue weighted by Gasteiger charge is -2.24. The summed E-state index contributed by atoms with van der Waals surface area (Å²) in [6, 6.07) is 1.43. The summed E-state index contributed by atoms with van der Waals surface area (Å²) in [6.07, 6.45) is 0.780. The highest BCUT2D eigenvalue weighted by Crippen LogP contribution is 2.23. The first-order valence-corrected chi connectivity index (χ1v) is 5.18. The van der Waals surface area contributed by atoms with Crippen LogP contribution < -0.4 is 5.32 Å². The first-order chi connectivity index (χ1) is 7.61. The molecule has 0 saturated carbocycles. The Morgan fingerprint density at radius 2 is 2.31 bits per heavy atom. The van der Waals surface area contributed by atoms with Gasteiger partial charge < -0.3 is 15.3 Å². The van der Waals surface area contributed by atoms with Crippen LogP contribution in [0.25, 0.3) is 0 Å². The van der Waals surface area contributed by atoms with Gasteiger partial charge in [0, 0.05) is 6.54 Å². The van der Waals surface area contributed by atoms with Crippen molar-refractivity contribution in [1.82, 2.24) is 10.2 Å². The van der Waals surface area contributed by atoms with E-state index in [9.17, 15) is 9.59 Å². The van der Waals surface area contributed by atoms with Crippen molar-refractivity contribution in [3.8, 4) is 6.07 Å². The number of nitrogens with one attached hydrogen (secondary N) is 1. The first-order valence-electron chi connectivity index (χ1n) is 5.18. The van der Waals surface area contributed by atoms with Gasteiger partial charge in [-0.05, 0) is 12.3 Å². The van der Waals surface area contributed by atoms with Gasteiger partial charge in [-0.3, -0.25) is 9.59 Å². The smallest absolute Gasteiger partial charge is 0.312 e. The van der Waals surface area contributed by atoms with Crippen molar-refractivity contribution in [3.63, 3.8) is 0 Å². The minimum atomic E-state index is -0.783. The second-order valence-electron chi connectivity index (χ2n) is 3.86. The lowest BCUT2D eigenvalue weighted by molar-refractivity contribution is -0.147. The van der Waals surface area contributed by atoms with Gasteiger partial charge in [0.1, 0.15) is 6.54 Å². The molecule has 0 bridgehead atoms. The Morgan fingerprint density at radius 3 is 2.88 bits per heavy atom. The van der Waals surface area contributed by atoms with Crippen molar-refractivity contribution < 1.29 is 14.7 Å². The van der Waals surface area contributed by atoms with E-state index in [1.54, 1.807) is 6.07 Å². The third-order valence-electron chi connectivity index (χ3n) is 2.85. The molecule has 1 fully saturated rings. The van der Waals surface area contributed by atoms with Gasteiger partial charge in [-0.1, -0.05) is 6.92 Å². The normalized spacial score (nSPS) is 23.9. The fourth-order valence-corrected chi connectivity index (χ4v) is 1.86. The van der Waals surface area contributed by atoms with Crippen LogP contribution in [0.15, 0.2) is 0 Å². The van der Waals surface area contributed by atoms with Crippen LogP contribution in [0.4, 0.5) is 0 Å². The highest BCUT2D eigenvalue weighted by Gasteiger charge is 2.36. The lowest BCUT2D eigenvalue weighted by Crippen LogP contribution is -2.47. The highest BCUT2D eigenvalue weighted by molar-refractivity contribution is 6.35. The maximum absolute atomic E-state index is 11.7. The van der Waals surface area contributed by atoms with Crippen molar-refractivity contribution in [1.29, 1.82) is 5.26 Å². The molecule has 2 atom stereocenters. The Balaban J connectivity index is 2.60. The van der Waals surface area contributed by atoms with Crippen LogP contribution in [-0.2, 0) is 9.59 Å². The van der Waals surface area contributed by atoms with Crippen molar-refractivity contribution in [2.75, 3.05) is 19.7 Å². The van der Waals surface area contributed by atoms with Crippen molar-refractivity contribution in [3.05, 3.63) is 0 Å². The molecular formula is C10H15N3O3. The zero-order valence-electron chi connectivity index (χ0n) is 9.14. The SMILES string of the molecule is CC1CCN(C(=O)C(=O)NCC#N)C1CO. The molecule has 1 aliphatic heterocycles. The number of rotatable bonds is 2. The fraction of sp³-hybridized carbons (Fsp3) is 0.700. The van der Waals surface area contributed by atoms with Gasteiger partial charge >= 0.3 is 11.8 Å². The van der Waals surface area contributed by atoms with E-state index >= 15 is 0 Å². The van der Waals surface area contributed by atoms with Crippen LogP contribution in [0, 0.1) is 17.2 Å². The summed E-state index contributed by atoms with van der Waals surface area (Å²) in [5, 5.41) is 19.6. The third-order valence-corrected chi connectivity index (χ3v) is 2.85.